The first kappa shape index (κ1) is 45.7. The first-order valence-corrected chi connectivity index (χ1v) is 17.3. The highest BCUT2D eigenvalue weighted by Gasteiger charge is 2.37. The summed E-state index contributed by atoms with van der Waals surface area (Å²) in [5.41, 5.74) is 5.68. The Bertz CT molecular complexity index is 1030. The summed E-state index contributed by atoms with van der Waals surface area (Å²) in [6, 6.07) is -0.300. The number of hydrogen-bond donors (Lipinski definition) is 7. The topological polar surface area (TPSA) is 268 Å². The molecular formula is C34H59NO14. The molecule has 15 nitrogen and oxygen atoms in total. The van der Waals surface area contributed by atoms with Crippen molar-refractivity contribution in [3.63, 3.8) is 0 Å². The quantitative estimate of drug-likeness (QED) is 0.0433. The average molecular weight is 706 g/mol. The summed E-state index contributed by atoms with van der Waals surface area (Å²) in [7, 11) is 0. The van der Waals surface area contributed by atoms with E-state index in [0.717, 1.165) is 32.1 Å². The van der Waals surface area contributed by atoms with Gasteiger partial charge in [-0.3, -0.25) is 28.8 Å². The van der Waals surface area contributed by atoms with Gasteiger partial charge in [-0.25, -0.2) is 0 Å². The van der Waals surface area contributed by atoms with E-state index in [-0.39, 0.29) is 24.8 Å². The summed E-state index contributed by atoms with van der Waals surface area (Å²) >= 11 is 0. The second-order valence-corrected chi connectivity index (χ2v) is 13.4. The lowest BCUT2D eigenvalue weighted by Gasteiger charge is -2.33. The van der Waals surface area contributed by atoms with E-state index < -0.39 is 104 Å². The number of unbranched alkanes of at least 4 members (excludes halogenated alkanes) is 4. The molecule has 8 N–H and O–H groups in total. The second-order valence-electron chi connectivity index (χ2n) is 13.4. The summed E-state index contributed by atoms with van der Waals surface area (Å²) < 4.78 is 11.4. The molecule has 0 saturated heterocycles. The van der Waals surface area contributed by atoms with Crippen LogP contribution in [-0.4, -0.2) is 96.9 Å². The van der Waals surface area contributed by atoms with Crippen LogP contribution in [0.5, 0.6) is 0 Å². The zero-order valence-electron chi connectivity index (χ0n) is 29.3. The van der Waals surface area contributed by atoms with Gasteiger partial charge in [-0.15, -0.1) is 0 Å². The Hall–Kier alpha value is -3.30. The van der Waals surface area contributed by atoms with Crippen LogP contribution in [0.15, 0.2) is 0 Å². The smallest absolute Gasteiger partial charge is 0.307 e. The van der Waals surface area contributed by atoms with Gasteiger partial charge in [-0.05, 0) is 50.9 Å². The molecule has 0 aromatic carbocycles. The molecule has 0 aliphatic carbocycles. The van der Waals surface area contributed by atoms with Crippen molar-refractivity contribution in [2.45, 2.75) is 154 Å². The van der Waals surface area contributed by atoms with Crippen molar-refractivity contribution < 1.29 is 68.9 Å². The van der Waals surface area contributed by atoms with Gasteiger partial charge in [-0.1, -0.05) is 59.3 Å². The molecule has 0 fully saturated rings. The Kier molecular flexibility index (Phi) is 23.1. The number of carboxylic acids is 4. The molecule has 0 aliphatic rings. The van der Waals surface area contributed by atoms with Crippen molar-refractivity contribution in [2.24, 2.45) is 29.4 Å². The highest BCUT2D eigenvalue weighted by molar-refractivity contribution is 5.83. The molecule has 284 valence electrons. The molecular weight excluding hydrogens is 646 g/mol. The predicted molar refractivity (Wildman–Crippen MR) is 176 cm³/mol. The molecule has 0 heterocycles. The minimum atomic E-state index is -1.57. The Morgan fingerprint density at radius 1 is 0.633 bits per heavy atom. The maximum atomic E-state index is 13.0. The van der Waals surface area contributed by atoms with Crippen LogP contribution >= 0.6 is 0 Å². The largest absolute Gasteiger partial charge is 0.481 e. The molecule has 0 saturated carbocycles. The van der Waals surface area contributed by atoms with Gasteiger partial charge in [0.2, 0.25) is 0 Å². The molecule has 0 aromatic rings. The van der Waals surface area contributed by atoms with Crippen molar-refractivity contribution in [1.29, 1.82) is 0 Å². The van der Waals surface area contributed by atoms with E-state index in [1.165, 1.54) is 0 Å². The Balaban J connectivity index is 5.94. The lowest BCUT2D eigenvalue weighted by Crippen LogP contribution is -2.42. The molecule has 49 heavy (non-hydrogen) atoms. The van der Waals surface area contributed by atoms with E-state index in [4.69, 9.17) is 25.4 Å². The van der Waals surface area contributed by atoms with Gasteiger partial charge >= 0.3 is 35.8 Å². The molecule has 0 unspecified atom stereocenters. The number of aliphatic hydroxyl groups is 2. The number of hydrogen-bond acceptors (Lipinski definition) is 11. The third-order valence-corrected chi connectivity index (χ3v) is 8.56. The highest BCUT2D eigenvalue weighted by atomic mass is 16.6. The van der Waals surface area contributed by atoms with Gasteiger partial charge in [0, 0.05) is 6.04 Å². The monoisotopic (exact) mass is 705 g/mol. The van der Waals surface area contributed by atoms with Crippen LogP contribution in [0.25, 0.3) is 0 Å². The van der Waals surface area contributed by atoms with Crippen molar-refractivity contribution >= 4 is 35.8 Å². The summed E-state index contributed by atoms with van der Waals surface area (Å²) in [6.07, 6.45) is -0.0465. The number of aliphatic hydroxyl groups excluding tert-OH is 2. The molecule has 0 amide bonds. The highest BCUT2D eigenvalue weighted by Crippen LogP contribution is 2.29. The number of esters is 2. The second kappa shape index (κ2) is 24.8. The van der Waals surface area contributed by atoms with Crippen LogP contribution in [0.2, 0.25) is 0 Å². The van der Waals surface area contributed by atoms with Crippen LogP contribution in [0.4, 0.5) is 0 Å². The van der Waals surface area contributed by atoms with Crippen LogP contribution in [0.1, 0.15) is 124 Å². The number of ether oxygens (including phenoxy) is 2. The van der Waals surface area contributed by atoms with Crippen LogP contribution in [0, 0.1) is 23.7 Å². The number of carbonyl (C=O) groups is 6. The van der Waals surface area contributed by atoms with E-state index in [1.807, 2.05) is 6.92 Å². The number of nitrogens with two attached hydrogens (primary N) is 1. The zero-order valence-corrected chi connectivity index (χ0v) is 29.3. The van der Waals surface area contributed by atoms with E-state index in [1.54, 1.807) is 20.8 Å². The Morgan fingerprint density at radius 2 is 1.12 bits per heavy atom. The molecule has 9 atom stereocenters. The van der Waals surface area contributed by atoms with Gasteiger partial charge in [-0.2, -0.15) is 0 Å². The average Bonchev–Trinajstić information content (AvgIpc) is 2.98. The molecule has 0 radical (unpaired) electrons. The predicted octanol–water partition coefficient (Wildman–Crippen LogP) is 3.59. The zero-order chi connectivity index (χ0) is 37.7. The van der Waals surface area contributed by atoms with Gasteiger partial charge in [0.15, 0.2) is 0 Å². The summed E-state index contributed by atoms with van der Waals surface area (Å²) in [6.45, 7) is 7.23. The van der Waals surface area contributed by atoms with E-state index in [2.05, 4.69) is 0 Å². The lowest BCUT2D eigenvalue weighted by molar-refractivity contribution is -0.177. The number of carbonyl (C=O) groups excluding carboxylic acids is 2. The third kappa shape index (κ3) is 21.4. The normalized spacial score (nSPS) is 17.0. The van der Waals surface area contributed by atoms with Crippen molar-refractivity contribution in [3.8, 4) is 0 Å². The minimum absolute atomic E-state index is 0.0700. The van der Waals surface area contributed by atoms with Crippen LogP contribution in [0.3, 0.4) is 0 Å². The molecule has 0 spiro atoms. The van der Waals surface area contributed by atoms with E-state index >= 15 is 0 Å². The summed E-state index contributed by atoms with van der Waals surface area (Å²) in [4.78, 5) is 71.6. The third-order valence-electron chi connectivity index (χ3n) is 8.56. The Morgan fingerprint density at radius 3 is 1.57 bits per heavy atom. The Labute approximate surface area is 288 Å². The minimum Gasteiger partial charge on any atom is -0.481 e. The molecule has 0 rings (SSSR count). The number of carboxylic acid groups (broad SMARTS) is 4. The lowest BCUT2D eigenvalue weighted by atomic mass is 9.87. The van der Waals surface area contributed by atoms with Gasteiger partial charge in [0.1, 0.15) is 12.2 Å². The maximum Gasteiger partial charge on any atom is 0.307 e. The molecule has 0 bridgehead atoms. The molecule has 15 heteroatoms. The number of rotatable bonds is 29. The maximum absolute atomic E-state index is 13.0. The van der Waals surface area contributed by atoms with Crippen molar-refractivity contribution in [3.05, 3.63) is 0 Å². The first-order valence-electron chi connectivity index (χ1n) is 17.3. The number of aliphatic carboxylic acids is 4. The van der Waals surface area contributed by atoms with E-state index in [9.17, 15) is 49.2 Å². The van der Waals surface area contributed by atoms with Crippen LogP contribution in [-0.2, 0) is 38.2 Å². The summed E-state index contributed by atoms with van der Waals surface area (Å²) in [5, 5.41) is 57.6. The fourth-order valence-corrected chi connectivity index (χ4v) is 5.66. The van der Waals surface area contributed by atoms with E-state index in [0.29, 0.717) is 25.7 Å². The molecule has 0 aromatic heterocycles. The van der Waals surface area contributed by atoms with Gasteiger partial charge in [0.25, 0.3) is 0 Å². The molecule has 0 aliphatic heterocycles. The summed E-state index contributed by atoms with van der Waals surface area (Å²) in [5.74, 6) is -11.8. The van der Waals surface area contributed by atoms with Gasteiger partial charge < -0.3 is 45.8 Å². The van der Waals surface area contributed by atoms with Gasteiger partial charge in [0.05, 0.1) is 49.7 Å². The standard InChI is InChI=1S/C34H59NO14/c1-5-6-11-21(3)32(49-31(43)19-24(34(46)47)17-29(40)41)27(48-30(42)18-23(33(44)45)16-28(38)39)15-20(2)14-25(36)12-9-7-8-10-13-26(37)22(4)35/h20-27,32,36-37H,5-19,35H2,1-4H3,(H,38,39)(H,40,41)(H,44,45)(H,46,47)/t20-,21+,22-,23-,24+,25+,26-,27-,32+/m0/s1. The first-order chi connectivity index (χ1) is 22.9. The SMILES string of the molecule is CCCC[C@@H](C)[C@@H](OC(=O)C[C@@H](CC(=O)O)C(=O)O)[C@H](C[C@@H](C)C[C@H](O)CCCCCC[C@H](O)[C@H](C)N)OC(=O)C[C@H](CC(=O)O)C(=O)O. The van der Waals surface area contributed by atoms with Crippen LogP contribution < -0.4 is 5.73 Å². The fourth-order valence-electron chi connectivity index (χ4n) is 5.66. The fraction of sp³-hybridized carbons (Fsp3) is 0.824. The van der Waals surface area contributed by atoms with Crippen molar-refractivity contribution in [2.75, 3.05) is 0 Å². The van der Waals surface area contributed by atoms with Crippen molar-refractivity contribution in [1.82, 2.24) is 0 Å².